The monoisotopic (exact) mass is 292 g/mol. The molecule has 1 unspecified atom stereocenters. The van der Waals surface area contributed by atoms with Crippen molar-refractivity contribution < 1.29 is 9.59 Å². The lowest BCUT2D eigenvalue weighted by Gasteiger charge is -2.46. The Kier molecular flexibility index (Phi) is 3.98. The van der Waals surface area contributed by atoms with Gasteiger partial charge >= 0.3 is 0 Å². The van der Waals surface area contributed by atoms with E-state index >= 15 is 0 Å². The van der Waals surface area contributed by atoms with Crippen molar-refractivity contribution in [1.29, 1.82) is 0 Å². The van der Waals surface area contributed by atoms with Crippen molar-refractivity contribution in [2.45, 2.75) is 76.8 Å². The minimum atomic E-state index is -0.652. The van der Waals surface area contributed by atoms with Crippen LogP contribution >= 0.6 is 0 Å². The van der Waals surface area contributed by atoms with Crippen LogP contribution < -0.4 is 5.32 Å². The van der Waals surface area contributed by atoms with Crippen LogP contribution in [0.3, 0.4) is 0 Å². The van der Waals surface area contributed by atoms with Gasteiger partial charge in [-0.25, -0.2) is 0 Å². The molecule has 2 saturated carbocycles. The second kappa shape index (κ2) is 5.62. The standard InChI is InChI=1S/C17H28N2O2/c1-3-17(4-2)16(21)19(11-12-7-5-6-8-12)14(13-9-10-13)15(20)18-17/h12-14H,3-11H2,1-2H3,(H,18,20). The number of amides is 2. The highest BCUT2D eigenvalue weighted by atomic mass is 16.2. The fourth-order valence-electron chi connectivity index (χ4n) is 4.18. The van der Waals surface area contributed by atoms with Gasteiger partial charge in [0, 0.05) is 6.54 Å². The molecule has 0 radical (unpaired) electrons. The van der Waals surface area contributed by atoms with Crippen LogP contribution in [0, 0.1) is 11.8 Å². The smallest absolute Gasteiger partial charge is 0.249 e. The highest BCUT2D eigenvalue weighted by Crippen LogP contribution is 2.40. The minimum Gasteiger partial charge on any atom is -0.340 e. The van der Waals surface area contributed by atoms with Gasteiger partial charge in [-0.2, -0.15) is 0 Å². The van der Waals surface area contributed by atoms with Crippen LogP contribution in [0.25, 0.3) is 0 Å². The summed E-state index contributed by atoms with van der Waals surface area (Å²) < 4.78 is 0. The van der Waals surface area contributed by atoms with E-state index in [4.69, 9.17) is 0 Å². The molecule has 1 N–H and O–H groups in total. The normalized spacial score (nSPS) is 29.8. The number of nitrogens with one attached hydrogen (secondary N) is 1. The minimum absolute atomic E-state index is 0.0961. The van der Waals surface area contributed by atoms with Gasteiger partial charge in [-0.1, -0.05) is 26.7 Å². The highest BCUT2D eigenvalue weighted by molar-refractivity contribution is 6.00. The van der Waals surface area contributed by atoms with Gasteiger partial charge in [0.25, 0.3) is 0 Å². The van der Waals surface area contributed by atoms with E-state index in [-0.39, 0.29) is 17.9 Å². The molecule has 2 aliphatic carbocycles. The van der Waals surface area contributed by atoms with E-state index in [1.54, 1.807) is 0 Å². The van der Waals surface area contributed by atoms with Gasteiger partial charge in [0.05, 0.1) is 0 Å². The molecule has 0 aromatic carbocycles. The molecule has 2 amide bonds. The lowest BCUT2D eigenvalue weighted by molar-refractivity contribution is -0.157. The average Bonchev–Trinajstić information content (AvgIpc) is 3.18. The van der Waals surface area contributed by atoms with Crippen LogP contribution in [-0.4, -0.2) is 34.8 Å². The van der Waals surface area contributed by atoms with E-state index in [1.165, 1.54) is 25.7 Å². The summed E-state index contributed by atoms with van der Waals surface area (Å²) in [6, 6.07) is -0.190. The van der Waals surface area contributed by atoms with E-state index in [0.717, 1.165) is 19.4 Å². The summed E-state index contributed by atoms with van der Waals surface area (Å²) >= 11 is 0. The molecule has 1 heterocycles. The molecular formula is C17H28N2O2. The Morgan fingerprint density at radius 2 is 1.71 bits per heavy atom. The Labute approximate surface area is 127 Å². The van der Waals surface area contributed by atoms with Crippen molar-refractivity contribution in [2.24, 2.45) is 11.8 Å². The topological polar surface area (TPSA) is 49.4 Å². The molecule has 118 valence electrons. The highest BCUT2D eigenvalue weighted by Gasteiger charge is 2.53. The molecule has 4 heteroatoms. The second-order valence-corrected chi connectivity index (χ2v) is 7.17. The van der Waals surface area contributed by atoms with Gasteiger partial charge in [-0.3, -0.25) is 9.59 Å². The molecular weight excluding hydrogens is 264 g/mol. The predicted octanol–water partition coefficient (Wildman–Crippen LogP) is 2.47. The van der Waals surface area contributed by atoms with Crippen molar-refractivity contribution in [3.05, 3.63) is 0 Å². The van der Waals surface area contributed by atoms with Crippen LogP contribution in [0.2, 0.25) is 0 Å². The Morgan fingerprint density at radius 1 is 1.10 bits per heavy atom. The predicted molar refractivity (Wildman–Crippen MR) is 81.6 cm³/mol. The van der Waals surface area contributed by atoms with Gasteiger partial charge in [0.2, 0.25) is 11.8 Å². The van der Waals surface area contributed by atoms with E-state index in [0.29, 0.717) is 24.7 Å². The quantitative estimate of drug-likeness (QED) is 0.846. The Morgan fingerprint density at radius 3 is 2.24 bits per heavy atom. The average molecular weight is 292 g/mol. The van der Waals surface area contributed by atoms with Crippen LogP contribution in [0.5, 0.6) is 0 Å². The number of carbonyl (C=O) groups excluding carboxylic acids is 2. The zero-order chi connectivity index (χ0) is 15.0. The molecule has 4 nitrogen and oxygen atoms in total. The first-order chi connectivity index (χ1) is 10.1. The van der Waals surface area contributed by atoms with E-state index in [1.807, 2.05) is 18.7 Å². The van der Waals surface area contributed by atoms with Crippen molar-refractivity contribution in [2.75, 3.05) is 6.54 Å². The molecule has 1 atom stereocenters. The fraction of sp³-hybridized carbons (Fsp3) is 0.882. The maximum atomic E-state index is 13.1. The summed E-state index contributed by atoms with van der Waals surface area (Å²) in [4.78, 5) is 27.7. The first-order valence-corrected chi connectivity index (χ1v) is 8.74. The lowest BCUT2D eigenvalue weighted by atomic mass is 9.85. The Bertz CT molecular complexity index is 421. The first kappa shape index (κ1) is 14.9. The van der Waals surface area contributed by atoms with Crippen LogP contribution in [-0.2, 0) is 9.59 Å². The summed E-state index contributed by atoms with van der Waals surface area (Å²) in [5.74, 6) is 1.28. The molecule has 3 aliphatic rings. The number of hydrogen-bond donors (Lipinski definition) is 1. The zero-order valence-electron chi connectivity index (χ0n) is 13.4. The Balaban J connectivity index is 1.84. The SMILES string of the molecule is CCC1(CC)NC(=O)C(C2CC2)N(CC2CCCC2)C1=O. The molecule has 0 spiro atoms. The number of piperazine rings is 1. The summed E-state index contributed by atoms with van der Waals surface area (Å²) in [6.07, 6.45) is 8.55. The third-order valence-corrected chi connectivity index (χ3v) is 5.84. The van der Waals surface area contributed by atoms with Gasteiger partial charge in [-0.15, -0.1) is 0 Å². The van der Waals surface area contributed by atoms with Gasteiger partial charge in [-0.05, 0) is 50.4 Å². The summed E-state index contributed by atoms with van der Waals surface area (Å²) in [5.41, 5.74) is -0.652. The van der Waals surface area contributed by atoms with Crippen LogP contribution in [0.1, 0.15) is 65.2 Å². The summed E-state index contributed by atoms with van der Waals surface area (Å²) in [5, 5.41) is 3.08. The molecule has 0 bridgehead atoms. The third-order valence-electron chi connectivity index (χ3n) is 5.84. The van der Waals surface area contributed by atoms with Crippen LogP contribution in [0.4, 0.5) is 0 Å². The van der Waals surface area contributed by atoms with Crippen molar-refractivity contribution >= 4 is 11.8 Å². The summed E-state index contributed by atoms with van der Waals surface area (Å²) in [7, 11) is 0. The molecule has 3 rings (SSSR count). The summed E-state index contributed by atoms with van der Waals surface area (Å²) in [6.45, 7) is 4.81. The molecule has 21 heavy (non-hydrogen) atoms. The Hall–Kier alpha value is -1.06. The van der Waals surface area contributed by atoms with Crippen LogP contribution in [0.15, 0.2) is 0 Å². The number of hydrogen-bond acceptors (Lipinski definition) is 2. The van der Waals surface area contributed by atoms with Gasteiger partial charge < -0.3 is 10.2 Å². The lowest BCUT2D eigenvalue weighted by Crippen LogP contribution is -2.71. The van der Waals surface area contributed by atoms with Crippen molar-refractivity contribution in [3.8, 4) is 0 Å². The van der Waals surface area contributed by atoms with E-state index in [9.17, 15) is 9.59 Å². The van der Waals surface area contributed by atoms with Crippen molar-refractivity contribution in [3.63, 3.8) is 0 Å². The number of nitrogens with zero attached hydrogens (tertiary/aromatic N) is 1. The molecule has 0 aromatic heterocycles. The molecule has 1 aliphatic heterocycles. The fourth-order valence-corrected chi connectivity index (χ4v) is 4.18. The van der Waals surface area contributed by atoms with E-state index < -0.39 is 5.54 Å². The van der Waals surface area contributed by atoms with Gasteiger partial charge in [0.1, 0.15) is 11.6 Å². The second-order valence-electron chi connectivity index (χ2n) is 7.17. The van der Waals surface area contributed by atoms with Crippen molar-refractivity contribution in [1.82, 2.24) is 10.2 Å². The molecule has 1 saturated heterocycles. The maximum Gasteiger partial charge on any atom is 0.249 e. The maximum absolute atomic E-state index is 13.1. The first-order valence-electron chi connectivity index (χ1n) is 8.74. The number of rotatable bonds is 5. The van der Waals surface area contributed by atoms with E-state index in [2.05, 4.69) is 5.32 Å². The number of carbonyl (C=O) groups is 2. The molecule has 0 aromatic rings. The zero-order valence-corrected chi connectivity index (χ0v) is 13.4. The third kappa shape index (κ3) is 2.58. The largest absolute Gasteiger partial charge is 0.340 e. The molecule has 3 fully saturated rings. The van der Waals surface area contributed by atoms with Gasteiger partial charge in [0.15, 0.2) is 0 Å².